The number of halogens is 1. The number of benzene rings is 2. The molecular weight excluding hydrogens is 352 g/mol. The molecule has 2 aromatic carbocycles. The van der Waals surface area contributed by atoms with Gasteiger partial charge in [0.25, 0.3) is 10.0 Å². The lowest BCUT2D eigenvalue weighted by Gasteiger charge is -2.10. The van der Waals surface area contributed by atoms with Gasteiger partial charge in [-0.2, -0.15) is 0 Å². The highest BCUT2D eigenvalue weighted by atomic mass is 79.9. The van der Waals surface area contributed by atoms with Crippen LogP contribution in [0, 0.1) is 0 Å². The zero-order valence-corrected chi connectivity index (χ0v) is 13.2. The number of sulfonamides is 1. The van der Waals surface area contributed by atoms with Crippen molar-refractivity contribution in [3.63, 3.8) is 0 Å². The number of hydrogen-bond acceptors (Lipinski definition) is 3. The smallest absolute Gasteiger partial charge is 0.263 e. The maximum atomic E-state index is 12.5. The molecule has 21 heavy (non-hydrogen) atoms. The van der Waals surface area contributed by atoms with Gasteiger partial charge in [0.1, 0.15) is 5.82 Å². The normalized spacial score (nSPS) is 11.5. The Hall–Kier alpha value is -1.92. The number of fused-ring (bicyclic) bond motifs is 1. The van der Waals surface area contributed by atoms with Gasteiger partial charge in [-0.3, -0.25) is 4.72 Å². The van der Waals surface area contributed by atoms with Crippen molar-refractivity contribution in [2.45, 2.75) is 4.90 Å². The Kier molecular flexibility index (Phi) is 3.65. The molecule has 1 N–H and O–H groups in total. The number of nitrogens with one attached hydrogen (secondary N) is 1. The molecule has 0 aliphatic rings. The second kappa shape index (κ2) is 5.46. The van der Waals surface area contributed by atoms with Gasteiger partial charge in [-0.1, -0.05) is 36.4 Å². The van der Waals surface area contributed by atoms with Crippen LogP contribution in [0.2, 0.25) is 0 Å². The molecule has 106 valence electrons. The standard InChI is InChI=1S/C15H11BrN2O2S/c16-12-8-9-15(17-10-12)18-21(19,20)14-7-3-5-11-4-1-2-6-13(11)14/h1-10H,(H,17,18). The van der Waals surface area contributed by atoms with Gasteiger partial charge in [0.05, 0.1) is 4.90 Å². The molecule has 6 heteroatoms. The van der Waals surface area contributed by atoms with Crippen molar-refractivity contribution in [3.05, 3.63) is 65.3 Å². The largest absolute Gasteiger partial charge is 0.263 e. The fourth-order valence-corrected chi connectivity index (χ4v) is 3.53. The first-order valence-corrected chi connectivity index (χ1v) is 8.46. The summed E-state index contributed by atoms with van der Waals surface area (Å²) in [6.07, 6.45) is 1.54. The second-order valence-corrected chi connectivity index (χ2v) is 7.01. The Labute approximate surface area is 131 Å². The Balaban J connectivity index is 2.06. The van der Waals surface area contributed by atoms with Crippen LogP contribution < -0.4 is 4.72 Å². The fourth-order valence-electron chi connectivity index (χ4n) is 2.06. The van der Waals surface area contributed by atoms with E-state index < -0.39 is 10.0 Å². The van der Waals surface area contributed by atoms with Crippen molar-refractivity contribution in [2.24, 2.45) is 0 Å². The zero-order valence-electron chi connectivity index (χ0n) is 10.8. The lowest BCUT2D eigenvalue weighted by atomic mass is 10.1. The average Bonchev–Trinajstić information content (AvgIpc) is 2.49. The van der Waals surface area contributed by atoms with E-state index in [0.29, 0.717) is 5.39 Å². The van der Waals surface area contributed by atoms with Crippen molar-refractivity contribution in [1.29, 1.82) is 0 Å². The summed E-state index contributed by atoms with van der Waals surface area (Å²) in [5, 5.41) is 1.56. The number of aromatic nitrogens is 1. The molecule has 3 aromatic rings. The third-order valence-corrected chi connectivity index (χ3v) is 4.89. The molecule has 4 nitrogen and oxygen atoms in total. The minimum atomic E-state index is -3.68. The van der Waals surface area contributed by atoms with E-state index in [1.165, 1.54) is 0 Å². The predicted molar refractivity (Wildman–Crippen MR) is 86.7 cm³/mol. The Morgan fingerprint density at radius 2 is 1.71 bits per heavy atom. The van der Waals surface area contributed by atoms with Gasteiger partial charge < -0.3 is 0 Å². The number of nitrogens with zero attached hydrogens (tertiary/aromatic N) is 1. The molecule has 1 heterocycles. The number of anilines is 1. The van der Waals surface area contributed by atoms with E-state index in [-0.39, 0.29) is 10.7 Å². The monoisotopic (exact) mass is 362 g/mol. The van der Waals surface area contributed by atoms with Gasteiger partial charge in [0.15, 0.2) is 0 Å². The molecule has 0 aliphatic heterocycles. The van der Waals surface area contributed by atoms with E-state index in [9.17, 15) is 8.42 Å². The van der Waals surface area contributed by atoms with Crippen LogP contribution in [0.5, 0.6) is 0 Å². The van der Waals surface area contributed by atoms with Gasteiger partial charge in [0, 0.05) is 16.1 Å². The molecule has 3 rings (SSSR count). The Bertz CT molecular complexity index is 888. The van der Waals surface area contributed by atoms with Crippen LogP contribution in [-0.4, -0.2) is 13.4 Å². The predicted octanol–water partition coefficient (Wildman–Crippen LogP) is 3.80. The van der Waals surface area contributed by atoms with Gasteiger partial charge in [-0.25, -0.2) is 13.4 Å². The van der Waals surface area contributed by atoms with E-state index in [1.807, 2.05) is 24.3 Å². The highest BCUT2D eigenvalue weighted by Crippen LogP contribution is 2.24. The van der Waals surface area contributed by atoms with E-state index in [2.05, 4.69) is 25.6 Å². The molecular formula is C15H11BrN2O2S. The van der Waals surface area contributed by atoms with Crippen molar-refractivity contribution in [1.82, 2.24) is 4.98 Å². The minimum absolute atomic E-state index is 0.241. The molecule has 0 spiro atoms. The summed E-state index contributed by atoms with van der Waals surface area (Å²) in [5.74, 6) is 0.283. The van der Waals surface area contributed by atoms with Crippen molar-refractivity contribution in [3.8, 4) is 0 Å². The minimum Gasteiger partial charge on any atom is -0.263 e. The molecule has 0 unspecified atom stereocenters. The molecule has 0 amide bonds. The fraction of sp³-hybridized carbons (Fsp3) is 0. The maximum Gasteiger partial charge on any atom is 0.263 e. The number of rotatable bonds is 3. The van der Waals surface area contributed by atoms with Crippen molar-refractivity contribution in [2.75, 3.05) is 4.72 Å². The van der Waals surface area contributed by atoms with Crippen LogP contribution in [0.15, 0.2) is 70.2 Å². The Morgan fingerprint density at radius 1 is 0.952 bits per heavy atom. The lowest BCUT2D eigenvalue weighted by molar-refractivity contribution is 0.602. The summed E-state index contributed by atoms with van der Waals surface area (Å²) in [6, 6.07) is 15.9. The topological polar surface area (TPSA) is 59.1 Å². The third kappa shape index (κ3) is 2.91. The highest BCUT2D eigenvalue weighted by molar-refractivity contribution is 9.10. The lowest BCUT2D eigenvalue weighted by Crippen LogP contribution is -2.14. The van der Waals surface area contributed by atoms with Crippen LogP contribution in [-0.2, 0) is 10.0 Å². The van der Waals surface area contributed by atoms with Crippen LogP contribution in [0.25, 0.3) is 10.8 Å². The summed E-state index contributed by atoms with van der Waals surface area (Å²) in [7, 11) is -3.68. The molecule has 0 aliphatic carbocycles. The first-order valence-electron chi connectivity index (χ1n) is 6.18. The molecule has 0 radical (unpaired) electrons. The number of pyridine rings is 1. The van der Waals surface area contributed by atoms with Gasteiger partial charge in [-0.05, 0) is 39.5 Å². The SMILES string of the molecule is O=S(=O)(Nc1ccc(Br)cn1)c1cccc2ccccc12. The molecule has 0 fully saturated rings. The molecule has 0 saturated heterocycles. The molecule has 0 atom stereocenters. The summed E-state index contributed by atoms with van der Waals surface area (Å²) in [5.41, 5.74) is 0. The highest BCUT2D eigenvalue weighted by Gasteiger charge is 2.17. The quantitative estimate of drug-likeness (QED) is 0.770. The third-order valence-electron chi connectivity index (χ3n) is 3.01. The van der Waals surface area contributed by atoms with E-state index in [4.69, 9.17) is 0 Å². The van der Waals surface area contributed by atoms with Gasteiger partial charge in [-0.15, -0.1) is 0 Å². The Morgan fingerprint density at radius 3 is 2.48 bits per heavy atom. The summed E-state index contributed by atoms with van der Waals surface area (Å²) < 4.78 is 28.4. The van der Waals surface area contributed by atoms with Crippen LogP contribution in [0.4, 0.5) is 5.82 Å². The first-order chi connectivity index (χ1) is 10.1. The summed E-state index contributed by atoms with van der Waals surface area (Å²) in [4.78, 5) is 4.27. The van der Waals surface area contributed by atoms with Gasteiger partial charge >= 0.3 is 0 Å². The molecule has 0 bridgehead atoms. The summed E-state index contributed by atoms with van der Waals surface area (Å²) in [6.45, 7) is 0. The van der Waals surface area contributed by atoms with Crippen molar-refractivity contribution < 1.29 is 8.42 Å². The zero-order chi connectivity index (χ0) is 14.9. The van der Waals surface area contributed by atoms with E-state index in [1.54, 1.807) is 36.5 Å². The van der Waals surface area contributed by atoms with Crippen LogP contribution >= 0.6 is 15.9 Å². The van der Waals surface area contributed by atoms with Gasteiger partial charge in [0.2, 0.25) is 0 Å². The van der Waals surface area contributed by atoms with Crippen LogP contribution in [0.3, 0.4) is 0 Å². The molecule has 0 saturated carbocycles. The second-order valence-electron chi connectivity index (χ2n) is 4.44. The molecule has 1 aromatic heterocycles. The van der Waals surface area contributed by atoms with E-state index in [0.717, 1.165) is 9.86 Å². The average molecular weight is 363 g/mol. The first kappa shape index (κ1) is 14.0. The van der Waals surface area contributed by atoms with Crippen LogP contribution in [0.1, 0.15) is 0 Å². The van der Waals surface area contributed by atoms with Crippen molar-refractivity contribution >= 4 is 42.5 Å². The maximum absolute atomic E-state index is 12.5. The number of hydrogen-bond donors (Lipinski definition) is 1. The summed E-state index contributed by atoms with van der Waals surface area (Å²) >= 11 is 3.26. The van der Waals surface area contributed by atoms with E-state index >= 15 is 0 Å².